The number of benzene rings is 1. The van der Waals surface area contributed by atoms with Crippen LogP contribution < -0.4 is 11.1 Å². The number of hydrogen-bond donors (Lipinski definition) is 3. The van der Waals surface area contributed by atoms with Crippen molar-refractivity contribution in [2.75, 3.05) is 11.1 Å². The fourth-order valence-electron chi connectivity index (χ4n) is 2.41. The number of nitrogens with zero attached hydrogens (tertiary/aromatic N) is 1. The number of aryl methyl sites for hydroxylation is 3. The number of H-pyrrole nitrogens is 1. The summed E-state index contributed by atoms with van der Waals surface area (Å²) in [5.74, 6) is -0.265. The predicted octanol–water partition coefficient (Wildman–Crippen LogP) is 2.93. The van der Waals surface area contributed by atoms with Crippen LogP contribution in [0.2, 0.25) is 0 Å². The Labute approximate surface area is 124 Å². The molecule has 5 heteroatoms. The first-order valence-electron chi connectivity index (χ1n) is 7.37. The van der Waals surface area contributed by atoms with E-state index in [-0.39, 0.29) is 11.6 Å². The van der Waals surface area contributed by atoms with Crippen molar-refractivity contribution in [3.8, 4) is 0 Å². The largest absolute Gasteiger partial charge is 0.395 e. The first-order valence-corrected chi connectivity index (χ1v) is 7.37. The quantitative estimate of drug-likeness (QED) is 0.790. The van der Waals surface area contributed by atoms with Crippen LogP contribution in [0.3, 0.4) is 0 Å². The van der Waals surface area contributed by atoms with E-state index >= 15 is 0 Å². The van der Waals surface area contributed by atoms with Gasteiger partial charge in [0.1, 0.15) is 0 Å². The van der Waals surface area contributed by atoms with Crippen LogP contribution in [-0.2, 0) is 19.3 Å². The Morgan fingerprint density at radius 1 is 1.19 bits per heavy atom. The second-order valence-electron chi connectivity index (χ2n) is 4.93. The van der Waals surface area contributed by atoms with Crippen molar-refractivity contribution in [2.45, 2.75) is 40.0 Å². The molecule has 112 valence electrons. The third kappa shape index (κ3) is 2.91. The molecule has 0 unspecified atom stereocenters. The zero-order chi connectivity index (χ0) is 15.4. The summed E-state index contributed by atoms with van der Waals surface area (Å²) in [6, 6.07) is 6.08. The third-order valence-corrected chi connectivity index (χ3v) is 3.69. The number of nitrogens with one attached hydrogen (secondary N) is 2. The summed E-state index contributed by atoms with van der Waals surface area (Å²) in [6.07, 6.45) is 2.44. The van der Waals surface area contributed by atoms with Gasteiger partial charge in [-0.1, -0.05) is 39.0 Å². The first kappa shape index (κ1) is 15.1. The number of amides is 1. The van der Waals surface area contributed by atoms with E-state index in [0.717, 1.165) is 41.8 Å². The summed E-state index contributed by atoms with van der Waals surface area (Å²) in [5.41, 5.74) is 10.6. The summed E-state index contributed by atoms with van der Waals surface area (Å²) < 4.78 is 0. The van der Waals surface area contributed by atoms with Crippen molar-refractivity contribution >= 4 is 17.3 Å². The van der Waals surface area contributed by atoms with E-state index < -0.39 is 0 Å². The average Bonchev–Trinajstić information content (AvgIpc) is 2.88. The molecule has 2 aromatic rings. The number of rotatable bonds is 5. The fourth-order valence-corrected chi connectivity index (χ4v) is 2.41. The first-order chi connectivity index (χ1) is 10.1. The fraction of sp³-hybridized carbons (Fsp3) is 0.375. The Bertz CT molecular complexity index is 623. The molecule has 0 saturated carbocycles. The molecule has 0 bridgehead atoms. The van der Waals surface area contributed by atoms with Gasteiger partial charge in [-0.2, -0.15) is 5.10 Å². The summed E-state index contributed by atoms with van der Waals surface area (Å²) >= 11 is 0. The van der Waals surface area contributed by atoms with Crippen molar-refractivity contribution < 1.29 is 4.79 Å². The monoisotopic (exact) mass is 286 g/mol. The van der Waals surface area contributed by atoms with Gasteiger partial charge in [-0.15, -0.1) is 0 Å². The summed E-state index contributed by atoms with van der Waals surface area (Å²) in [7, 11) is 0. The van der Waals surface area contributed by atoms with E-state index in [0.29, 0.717) is 5.69 Å². The van der Waals surface area contributed by atoms with Gasteiger partial charge in [0.15, 0.2) is 5.69 Å². The van der Waals surface area contributed by atoms with E-state index in [4.69, 9.17) is 5.73 Å². The normalized spacial score (nSPS) is 10.6. The van der Waals surface area contributed by atoms with Gasteiger partial charge in [-0.25, -0.2) is 0 Å². The molecule has 5 nitrogen and oxygen atoms in total. The minimum Gasteiger partial charge on any atom is -0.395 e. The molecule has 4 N–H and O–H groups in total. The van der Waals surface area contributed by atoms with E-state index in [1.54, 1.807) is 0 Å². The van der Waals surface area contributed by atoms with Crippen LogP contribution >= 0.6 is 0 Å². The van der Waals surface area contributed by atoms with Crippen molar-refractivity contribution in [1.29, 1.82) is 0 Å². The summed E-state index contributed by atoms with van der Waals surface area (Å²) in [6.45, 7) is 6.11. The number of nitrogen functional groups attached to an aromatic ring is 1. The van der Waals surface area contributed by atoms with E-state index in [2.05, 4.69) is 29.4 Å². The number of hydrogen-bond acceptors (Lipinski definition) is 3. The molecule has 0 aliphatic heterocycles. The lowest BCUT2D eigenvalue weighted by Crippen LogP contribution is -2.16. The molecule has 0 radical (unpaired) electrons. The van der Waals surface area contributed by atoms with E-state index in [9.17, 15) is 4.79 Å². The van der Waals surface area contributed by atoms with Gasteiger partial charge in [-0.3, -0.25) is 9.89 Å². The standard InChI is InChI=1S/C16H22N4O/c1-4-10-8-7-9-11(5-2)14(10)18-16(21)15-13(17)12(6-3)19-20-15/h7-9H,4-6,17H2,1-3H3,(H,18,21)(H,19,20). The Morgan fingerprint density at radius 3 is 2.29 bits per heavy atom. The van der Waals surface area contributed by atoms with Crippen molar-refractivity contribution in [3.05, 3.63) is 40.7 Å². The van der Waals surface area contributed by atoms with Gasteiger partial charge in [0.05, 0.1) is 11.4 Å². The Morgan fingerprint density at radius 2 is 1.81 bits per heavy atom. The van der Waals surface area contributed by atoms with Crippen LogP contribution in [0.25, 0.3) is 0 Å². The number of anilines is 2. The van der Waals surface area contributed by atoms with Gasteiger partial charge >= 0.3 is 0 Å². The Balaban J connectivity index is 2.33. The van der Waals surface area contributed by atoms with Gasteiger partial charge in [-0.05, 0) is 30.4 Å². The molecule has 2 rings (SSSR count). The van der Waals surface area contributed by atoms with Crippen LogP contribution in [-0.4, -0.2) is 16.1 Å². The minimum atomic E-state index is -0.265. The maximum Gasteiger partial charge on any atom is 0.278 e. The predicted molar refractivity (Wildman–Crippen MR) is 85.5 cm³/mol. The number of nitrogens with two attached hydrogens (primary N) is 1. The number of aromatic amines is 1. The Kier molecular flexibility index (Phi) is 4.62. The van der Waals surface area contributed by atoms with Crippen LogP contribution in [0, 0.1) is 0 Å². The second-order valence-corrected chi connectivity index (χ2v) is 4.93. The van der Waals surface area contributed by atoms with Gasteiger partial charge < -0.3 is 11.1 Å². The molecule has 0 saturated heterocycles. The van der Waals surface area contributed by atoms with Crippen molar-refractivity contribution in [3.63, 3.8) is 0 Å². The van der Waals surface area contributed by atoms with E-state index in [1.165, 1.54) is 0 Å². The SMILES string of the molecule is CCc1cccc(CC)c1NC(=O)c1n[nH]c(CC)c1N. The summed E-state index contributed by atoms with van der Waals surface area (Å²) in [4.78, 5) is 12.4. The highest BCUT2D eigenvalue weighted by Gasteiger charge is 2.18. The lowest BCUT2D eigenvalue weighted by Gasteiger charge is -2.13. The molecule has 0 aliphatic rings. The molecule has 1 aromatic carbocycles. The molecule has 1 amide bonds. The molecule has 0 spiro atoms. The van der Waals surface area contributed by atoms with Crippen molar-refractivity contribution in [1.82, 2.24) is 10.2 Å². The maximum absolute atomic E-state index is 12.4. The number of carbonyl (C=O) groups is 1. The topological polar surface area (TPSA) is 83.8 Å². The maximum atomic E-state index is 12.4. The molecule has 1 aromatic heterocycles. The molecule has 0 atom stereocenters. The van der Waals surface area contributed by atoms with Gasteiger partial charge in [0.2, 0.25) is 0 Å². The third-order valence-electron chi connectivity index (χ3n) is 3.69. The summed E-state index contributed by atoms with van der Waals surface area (Å²) in [5, 5.41) is 9.82. The molecule has 1 heterocycles. The van der Waals surface area contributed by atoms with E-state index in [1.807, 2.05) is 25.1 Å². The number of para-hydroxylation sites is 1. The zero-order valence-electron chi connectivity index (χ0n) is 12.8. The minimum absolute atomic E-state index is 0.264. The smallest absolute Gasteiger partial charge is 0.278 e. The molecule has 0 aliphatic carbocycles. The van der Waals surface area contributed by atoms with Crippen LogP contribution in [0.5, 0.6) is 0 Å². The van der Waals surface area contributed by atoms with Gasteiger partial charge in [0, 0.05) is 5.69 Å². The highest BCUT2D eigenvalue weighted by atomic mass is 16.2. The molecule has 21 heavy (non-hydrogen) atoms. The molecular weight excluding hydrogens is 264 g/mol. The molecule has 0 fully saturated rings. The van der Waals surface area contributed by atoms with Crippen LogP contribution in [0.1, 0.15) is 48.1 Å². The highest BCUT2D eigenvalue weighted by molar-refractivity contribution is 6.07. The second kappa shape index (κ2) is 6.43. The van der Waals surface area contributed by atoms with Crippen LogP contribution in [0.4, 0.5) is 11.4 Å². The average molecular weight is 286 g/mol. The molecular formula is C16H22N4O. The number of carbonyl (C=O) groups excluding carboxylic acids is 1. The van der Waals surface area contributed by atoms with Gasteiger partial charge in [0.25, 0.3) is 5.91 Å². The lowest BCUT2D eigenvalue weighted by atomic mass is 10.0. The van der Waals surface area contributed by atoms with Crippen LogP contribution in [0.15, 0.2) is 18.2 Å². The Hall–Kier alpha value is -2.30. The zero-order valence-corrected chi connectivity index (χ0v) is 12.8. The highest BCUT2D eigenvalue weighted by Crippen LogP contribution is 2.24. The van der Waals surface area contributed by atoms with Crippen molar-refractivity contribution in [2.24, 2.45) is 0 Å². The number of aromatic nitrogens is 2. The lowest BCUT2D eigenvalue weighted by molar-refractivity contribution is 0.102.